The molecule has 0 aromatic carbocycles. The topological polar surface area (TPSA) is 37.4 Å². The predicted octanol–water partition coefficient (Wildman–Crippen LogP) is 3.39. The van der Waals surface area contributed by atoms with Crippen molar-refractivity contribution in [3.8, 4) is 23.7 Å². The number of amides is 1. The molecule has 0 saturated carbocycles. The molecule has 0 radical (unpaired) electrons. The molecule has 1 amide bonds. The first-order chi connectivity index (χ1) is 9.27. The van der Waals surface area contributed by atoms with Crippen LogP contribution in [-0.2, 0) is 9.59 Å². The summed E-state index contributed by atoms with van der Waals surface area (Å²) in [5.74, 6) is 11.8. The van der Waals surface area contributed by atoms with Gasteiger partial charge in [-0.1, -0.05) is 21.3 Å². The lowest BCUT2D eigenvalue weighted by Crippen LogP contribution is -2.27. The minimum atomic E-state index is 0. The van der Waals surface area contributed by atoms with Gasteiger partial charge in [-0.25, -0.2) is 0 Å². The van der Waals surface area contributed by atoms with E-state index in [0.29, 0.717) is 12.8 Å². The van der Waals surface area contributed by atoms with E-state index in [1.165, 1.54) is 0 Å². The van der Waals surface area contributed by atoms with Gasteiger partial charge in [0, 0.05) is 38.8 Å². The summed E-state index contributed by atoms with van der Waals surface area (Å²) in [5.41, 5.74) is 0. The molecule has 0 spiro atoms. The molecule has 0 aromatic rings. The zero-order chi connectivity index (χ0) is 16.1. The second kappa shape index (κ2) is 14.7. The molecular formula is C18H31NO2. The Hall–Kier alpha value is -1.74. The number of carbonyl (C=O) groups excluding carboxylic acids is 2. The Bertz CT molecular complexity index is 416. The van der Waals surface area contributed by atoms with Gasteiger partial charge in [-0.05, 0) is 20.8 Å². The fraction of sp³-hybridized carbons (Fsp3) is 0.667. The number of nitrogens with zero attached hydrogens (tertiary/aromatic N) is 1. The molecule has 0 fully saturated rings. The minimum absolute atomic E-state index is 0. The second-order valence-corrected chi connectivity index (χ2v) is 4.91. The van der Waals surface area contributed by atoms with E-state index in [-0.39, 0.29) is 31.0 Å². The van der Waals surface area contributed by atoms with E-state index in [0.717, 1.165) is 0 Å². The van der Waals surface area contributed by atoms with Crippen molar-refractivity contribution >= 4 is 11.7 Å². The van der Waals surface area contributed by atoms with E-state index in [1.807, 2.05) is 13.8 Å². The van der Waals surface area contributed by atoms with Crippen LogP contribution in [0, 0.1) is 35.5 Å². The third-order valence-electron chi connectivity index (χ3n) is 2.73. The van der Waals surface area contributed by atoms with Crippen LogP contribution in [-0.4, -0.2) is 30.7 Å². The van der Waals surface area contributed by atoms with E-state index in [4.69, 9.17) is 0 Å². The molecule has 3 nitrogen and oxygen atoms in total. The molecule has 0 aliphatic carbocycles. The molecule has 0 aromatic heterocycles. The van der Waals surface area contributed by atoms with Gasteiger partial charge in [0.15, 0.2) is 0 Å². The summed E-state index contributed by atoms with van der Waals surface area (Å²) >= 11 is 0. The fourth-order valence-corrected chi connectivity index (χ4v) is 1.18. The van der Waals surface area contributed by atoms with E-state index in [9.17, 15) is 9.59 Å². The van der Waals surface area contributed by atoms with Crippen LogP contribution in [0.4, 0.5) is 0 Å². The Balaban J connectivity index is -0.000000300. The van der Waals surface area contributed by atoms with Gasteiger partial charge in [0.25, 0.3) is 0 Å². The lowest BCUT2D eigenvalue weighted by Gasteiger charge is -2.14. The number of carbonyl (C=O) groups is 2. The smallest absolute Gasteiger partial charge is 0.225 e. The lowest BCUT2D eigenvalue weighted by molar-refractivity contribution is -0.132. The van der Waals surface area contributed by atoms with Gasteiger partial charge in [-0.3, -0.25) is 9.59 Å². The highest BCUT2D eigenvalue weighted by Gasteiger charge is 2.12. The molecule has 120 valence electrons. The maximum absolute atomic E-state index is 11.2. The van der Waals surface area contributed by atoms with Crippen molar-refractivity contribution in [2.24, 2.45) is 11.8 Å². The molecule has 0 aliphatic rings. The standard InChI is InChI=1S/C9H15NO.C8H12O.CH4/c1-5-6-7-8(2)9(11)10(3)4;1-4-5-6-7(2)8(3)9;/h8H,7H2,1-4H3;7H,6H2,1-3H3;1H4/t8-;7-;/m00./s1. The van der Waals surface area contributed by atoms with Crippen molar-refractivity contribution in [2.45, 2.75) is 54.9 Å². The van der Waals surface area contributed by atoms with Gasteiger partial charge >= 0.3 is 0 Å². The first kappa shape index (κ1) is 24.3. The van der Waals surface area contributed by atoms with Gasteiger partial charge in [-0.2, -0.15) is 0 Å². The van der Waals surface area contributed by atoms with Crippen LogP contribution in [0.2, 0.25) is 0 Å². The number of rotatable bonds is 4. The summed E-state index contributed by atoms with van der Waals surface area (Å²) in [6.07, 6.45) is 1.36. The highest BCUT2D eigenvalue weighted by molar-refractivity contribution is 5.78. The number of hydrogen-bond acceptors (Lipinski definition) is 2. The molecule has 0 heterocycles. The third kappa shape index (κ3) is 14.5. The molecule has 3 heteroatoms. The van der Waals surface area contributed by atoms with Crippen LogP contribution >= 0.6 is 0 Å². The SMILES string of the molecule is C.CC#CC[C@H](C)C(=O)N(C)C.CC#CC[C@H](C)C(C)=O. The van der Waals surface area contributed by atoms with Crippen LogP contribution in [0.1, 0.15) is 54.9 Å². The van der Waals surface area contributed by atoms with Crippen LogP contribution < -0.4 is 0 Å². The van der Waals surface area contributed by atoms with Crippen molar-refractivity contribution in [2.75, 3.05) is 14.1 Å². The zero-order valence-corrected chi connectivity index (χ0v) is 13.8. The fourth-order valence-electron chi connectivity index (χ4n) is 1.18. The molecule has 0 saturated heterocycles. The molecular weight excluding hydrogens is 262 g/mol. The van der Waals surface area contributed by atoms with Crippen LogP contribution in [0.25, 0.3) is 0 Å². The quantitative estimate of drug-likeness (QED) is 0.745. The van der Waals surface area contributed by atoms with Crippen LogP contribution in [0.3, 0.4) is 0 Å². The average molecular weight is 293 g/mol. The van der Waals surface area contributed by atoms with E-state index >= 15 is 0 Å². The normalized spacial score (nSPS) is 10.8. The Morgan fingerprint density at radius 3 is 1.62 bits per heavy atom. The molecule has 0 aliphatic heterocycles. The first-order valence-electron chi connectivity index (χ1n) is 6.78. The van der Waals surface area contributed by atoms with Crippen molar-refractivity contribution in [1.29, 1.82) is 0 Å². The molecule has 0 unspecified atom stereocenters. The van der Waals surface area contributed by atoms with Gasteiger partial charge in [-0.15, -0.1) is 23.7 Å². The molecule has 2 atom stereocenters. The third-order valence-corrected chi connectivity index (χ3v) is 2.73. The zero-order valence-electron chi connectivity index (χ0n) is 13.8. The molecule has 21 heavy (non-hydrogen) atoms. The maximum atomic E-state index is 11.2. The Morgan fingerprint density at radius 1 is 0.952 bits per heavy atom. The monoisotopic (exact) mass is 293 g/mol. The number of hydrogen-bond donors (Lipinski definition) is 0. The molecule has 0 rings (SSSR count). The maximum Gasteiger partial charge on any atom is 0.225 e. The summed E-state index contributed by atoms with van der Waals surface area (Å²) in [7, 11) is 3.52. The van der Waals surface area contributed by atoms with Crippen molar-refractivity contribution in [3.05, 3.63) is 0 Å². The van der Waals surface area contributed by atoms with Crippen LogP contribution in [0.5, 0.6) is 0 Å². The summed E-state index contributed by atoms with van der Waals surface area (Å²) in [6, 6.07) is 0. The van der Waals surface area contributed by atoms with Crippen molar-refractivity contribution in [3.63, 3.8) is 0 Å². The van der Waals surface area contributed by atoms with E-state index in [2.05, 4.69) is 23.7 Å². The highest BCUT2D eigenvalue weighted by Crippen LogP contribution is 2.03. The summed E-state index contributed by atoms with van der Waals surface area (Å²) in [5, 5.41) is 0. The second-order valence-electron chi connectivity index (χ2n) is 4.91. The molecule has 0 bridgehead atoms. The molecule has 0 N–H and O–H groups in total. The summed E-state index contributed by atoms with van der Waals surface area (Å²) < 4.78 is 0. The highest BCUT2D eigenvalue weighted by atomic mass is 16.2. The van der Waals surface area contributed by atoms with Gasteiger partial charge in [0.05, 0.1) is 0 Å². The van der Waals surface area contributed by atoms with Gasteiger partial charge < -0.3 is 4.90 Å². The van der Waals surface area contributed by atoms with E-state index in [1.54, 1.807) is 39.8 Å². The van der Waals surface area contributed by atoms with E-state index < -0.39 is 0 Å². The number of ketones is 1. The Morgan fingerprint density at radius 2 is 1.33 bits per heavy atom. The first-order valence-corrected chi connectivity index (χ1v) is 6.78. The largest absolute Gasteiger partial charge is 0.349 e. The van der Waals surface area contributed by atoms with Gasteiger partial charge in [0.2, 0.25) is 5.91 Å². The van der Waals surface area contributed by atoms with Gasteiger partial charge in [0.1, 0.15) is 5.78 Å². The van der Waals surface area contributed by atoms with Crippen LogP contribution in [0.15, 0.2) is 0 Å². The van der Waals surface area contributed by atoms with Crippen molar-refractivity contribution < 1.29 is 9.59 Å². The summed E-state index contributed by atoms with van der Waals surface area (Å²) in [6.45, 7) is 8.96. The Kier molecular flexibility index (Phi) is 17.0. The summed E-state index contributed by atoms with van der Waals surface area (Å²) in [4.78, 5) is 23.4. The average Bonchev–Trinajstić information content (AvgIpc) is 2.41. The number of Topliss-reactive ketones (excluding diaryl/α,β-unsaturated/α-hetero) is 1. The lowest BCUT2D eigenvalue weighted by atomic mass is 10.0. The minimum Gasteiger partial charge on any atom is -0.349 e. The Labute approximate surface area is 131 Å². The van der Waals surface area contributed by atoms with Crippen molar-refractivity contribution in [1.82, 2.24) is 4.90 Å². The predicted molar refractivity (Wildman–Crippen MR) is 90.6 cm³/mol.